The van der Waals surface area contributed by atoms with Crippen LogP contribution in [0.25, 0.3) is 0 Å². The number of hydrogen-bond acceptors (Lipinski definition) is 4. The zero-order valence-corrected chi connectivity index (χ0v) is 16.2. The minimum absolute atomic E-state index is 0.203. The van der Waals surface area contributed by atoms with Crippen molar-refractivity contribution in [2.24, 2.45) is 0 Å². The van der Waals surface area contributed by atoms with Gasteiger partial charge in [0.05, 0.1) is 11.5 Å². The van der Waals surface area contributed by atoms with Gasteiger partial charge in [0.2, 0.25) is 10.0 Å². The van der Waals surface area contributed by atoms with Crippen molar-refractivity contribution in [1.29, 1.82) is 0 Å². The maximum Gasteiger partial charge on any atom is 0.324 e. The minimum Gasteiger partial charge on any atom is -0.465 e. The van der Waals surface area contributed by atoms with E-state index < -0.39 is 22.0 Å². The van der Waals surface area contributed by atoms with Gasteiger partial charge >= 0.3 is 5.97 Å². The zero-order valence-electron chi connectivity index (χ0n) is 13.8. The largest absolute Gasteiger partial charge is 0.465 e. The molecule has 0 amide bonds. The van der Waals surface area contributed by atoms with Gasteiger partial charge in [-0.25, -0.2) is 8.42 Å². The lowest BCUT2D eigenvalue weighted by Gasteiger charge is -2.18. The molecule has 23 heavy (non-hydrogen) atoms. The fraction of sp³-hybridized carbons (Fsp3) is 0.562. The number of nitrogens with one attached hydrogen (secondary N) is 1. The first kappa shape index (κ1) is 20.1. The molecule has 7 heteroatoms. The van der Waals surface area contributed by atoms with Crippen molar-refractivity contribution in [2.45, 2.75) is 57.4 Å². The Balaban J connectivity index is 3.07. The molecule has 0 saturated carbocycles. The van der Waals surface area contributed by atoms with Crippen LogP contribution in [0.2, 0.25) is 0 Å². The number of carbonyl (C=O) groups is 1. The quantitative estimate of drug-likeness (QED) is 0.638. The predicted molar refractivity (Wildman–Crippen MR) is 93.8 cm³/mol. The summed E-state index contributed by atoms with van der Waals surface area (Å²) in [5.74, 6) is -0.528. The average Bonchev–Trinajstić information content (AvgIpc) is 2.51. The maximum atomic E-state index is 12.7. The molecular formula is C16H24BrNO4S. The van der Waals surface area contributed by atoms with Crippen LogP contribution in [0, 0.1) is 0 Å². The molecule has 1 aromatic rings. The number of esters is 1. The maximum absolute atomic E-state index is 12.7. The van der Waals surface area contributed by atoms with Gasteiger partial charge in [-0.15, -0.1) is 0 Å². The molecule has 1 N–H and O–H groups in total. The van der Waals surface area contributed by atoms with Gasteiger partial charge in [-0.2, -0.15) is 4.72 Å². The van der Waals surface area contributed by atoms with Crippen LogP contribution < -0.4 is 4.72 Å². The Bertz CT molecular complexity index is 631. The Morgan fingerprint density at radius 3 is 2.57 bits per heavy atom. The average molecular weight is 406 g/mol. The molecule has 0 aliphatic carbocycles. The SMILES string of the molecule is CCCCC(NS(=O)(=O)c1ccc(Br)cc1CC)C(=O)OCC. The van der Waals surface area contributed by atoms with Crippen LogP contribution in [0.3, 0.4) is 0 Å². The molecule has 1 atom stereocenters. The van der Waals surface area contributed by atoms with Crippen LogP contribution in [0.5, 0.6) is 0 Å². The second-order valence-electron chi connectivity index (χ2n) is 5.17. The fourth-order valence-corrected chi connectivity index (χ4v) is 4.13. The summed E-state index contributed by atoms with van der Waals surface area (Å²) in [4.78, 5) is 12.2. The van der Waals surface area contributed by atoms with Crippen LogP contribution in [0.1, 0.15) is 45.6 Å². The lowest BCUT2D eigenvalue weighted by Crippen LogP contribution is -2.42. The van der Waals surface area contributed by atoms with Crippen molar-refractivity contribution in [3.8, 4) is 0 Å². The Hall–Kier alpha value is -0.920. The molecule has 1 unspecified atom stereocenters. The van der Waals surface area contributed by atoms with Crippen LogP contribution >= 0.6 is 15.9 Å². The van der Waals surface area contributed by atoms with E-state index >= 15 is 0 Å². The van der Waals surface area contributed by atoms with E-state index in [1.807, 2.05) is 13.8 Å². The number of carbonyl (C=O) groups excluding carboxylic acids is 1. The molecular weight excluding hydrogens is 382 g/mol. The molecule has 0 bridgehead atoms. The minimum atomic E-state index is -3.78. The van der Waals surface area contributed by atoms with E-state index in [2.05, 4.69) is 20.7 Å². The van der Waals surface area contributed by atoms with Crippen molar-refractivity contribution >= 4 is 31.9 Å². The Morgan fingerprint density at radius 2 is 2.00 bits per heavy atom. The normalized spacial score (nSPS) is 12.9. The van der Waals surface area contributed by atoms with E-state index in [9.17, 15) is 13.2 Å². The summed E-state index contributed by atoms with van der Waals surface area (Å²) < 4.78 is 33.7. The van der Waals surface area contributed by atoms with Crippen LogP contribution in [0.15, 0.2) is 27.6 Å². The first-order valence-corrected chi connectivity index (χ1v) is 10.1. The highest BCUT2D eigenvalue weighted by molar-refractivity contribution is 9.10. The van der Waals surface area contributed by atoms with E-state index in [0.29, 0.717) is 18.4 Å². The van der Waals surface area contributed by atoms with Crippen LogP contribution in [-0.2, 0) is 26.0 Å². The second-order valence-corrected chi connectivity index (χ2v) is 7.77. The molecule has 0 aromatic heterocycles. The summed E-state index contributed by atoms with van der Waals surface area (Å²) in [6.07, 6.45) is 2.62. The highest BCUT2D eigenvalue weighted by Gasteiger charge is 2.27. The van der Waals surface area contributed by atoms with Crippen LogP contribution in [-0.4, -0.2) is 27.0 Å². The third-order valence-corrected chi connectivity index (χ3v) is 5.47. The van der Waals surface area contributed by atoms with Crippen molar-refractivity contribution in [3.05, 3.63) is 28.2 Å². The topological polar surface area (TPSA) is 72.5 Å². The summed E-state index contributed by atoms with van der Waals surface area (Å²) in [5, 5.41) is 0. The lowest BCUT2D eigenvalue weighted by atomic mass is 10.1. The number of hydrogen-bond donors (Lipinski definition) is 1. The third kappa shape index (κ3) is 5.90. The number of halogens is 1. The Kier molecular flexibility index (Phi) is 8.22. The molecule has 0 radical (unpaired) electrons. The molecule has 1 aromatic carbocycles. The zero-order chi connectivity index (χ0) is 17.5. The highest BCUT2D eigenvalue weighted by Crippen LogP contribution is 2.22. The number of ether oxygens (including phenoxy) is 1. The molecule has 0 heterocycles. The molecule has 1 rings (SSSR count). The van der Waals surface area contributed by atoms with Gasteiger partial charge in [0, 0.05) is 4.47 Å². The van der Waals surface area contributed by atoms with Gasteiger partial charge in [-0.1, -0.05) is 42.6 Å². The fourth-order valence-electron chi connectivity index (χ4n) is 2.21. The van der Waals surface area contributed by atoms with E-state index in [0.717, 1.165) is 17.3 Å². The summed E-state index contributed by atoms with van der Waals surface area (Å²) in [6, 6.07) is 4.15. The predicted octanol–water partition coefficient (Wildman–Crippen LogP) is 3.41. The van der Waals surface area contributed by atoms with Gasteiger partial charge in [-0.3, -0.25) is 4.79 Å². The Morgan fingerprint density at radius 1 is 1.30 bits per heavy atom. The third-order valence-electron chi connectivity index (χ3n) is 3.41. The smallest absolute Gasteiger partial charge is 0.324 e. The molecule has 5 nitrogen and oxygen atoms in total. The van der Waals surface area contributed by atoms with E-state index in [4.69, 9.17) is 4.74 Å². The highest BCUT2D eigenvalue weighted by atomic mass is 79.9. The van der Waals surface area contributed by atoms with Crippen molar-refractivity contribution in [1.82, 2.24) is 4.72 Å². The first-order chi connectivity index (χ1) is 10.9. The monoisotopic (exact) mass is 405 g/mol. The summed E-state index contributed by atoms with van der Waals surface area (Å²) in [5.41, 5.74) is 0.699. The first-order valence-electron chi connectivity index (χ1n) is 7.83. The summed E-state index contributed by atoms with van der Waals surface area (Å²) in [6.45, 7) is 5.80. The lowest BCUT2D eigenvalue weighted by molar-refractivity contribution is -0.145. The second kappa shape index (κ2) is 9.39. The van der Waals surface area contributed by atoms with Crippen molar-refractivity contribution in [2.75, 3.05) is 6.61 Å². The molecule has 0 saturated heterocycles. The van der Waals surface area contributed by atoms with E-state index in [-0.39, 0.29) is 11.5 Å². The van der Waals surface area contributed by atoms with Gasteiger partial charge in [0.25, 0.3) is 0 Å². The van der Waals surface area contributed by atoms with Gasteiger partial charge in [-0.05, 0) is 43.5 Å². The molecule has 0 aliphatic heterocycles. The molecule has 0 spiro atoms. The standard InChI is InChI=1S/C16H24BrNO4S/c1-4-7-8-14(16(19)22-6-3)18-23(20,21)15-10-9-13(17)11-12(15)5-2/h9-11,14,18H,4-8H2,1-3H3. The summed E-state index contributed by atoms with van der Waals surface area (Å²) in [7, 11) is -3.78. The molecule has 0 fully saturated rings. The number of benzene rings is 1. The van der Waals surface area contributed by atoms with E-state index in [1.54, 1.807) is 25.1 Å². The number of sulfonamides is 1. The number of rotatable bonds is 9. The van der Waals surface area contributed by atoms with E-state index in [1.165, 1.54) is 0 Å². The van der Waals surface area contributed by atoms with Crippen molar-refractivity contribution in [3.63, 3.8) is 0 Å². The molecule has 130 valence electrons. The number of aryl methyl sites for hydroxylation is 1. The Labute approximate surface area is 147 Å². The van der Waals surface area contributed by atoms with Gasteiger partial charge in [0.1, 0.15) is 6.04 Å². The summed E-state index contributed by atoms with van der Waals surface area (Å²) >= 11 is 3.34. The van der Waals surface area contributed by atoms with Gasteiger partial charge in [0.15, 0.2) is 0 Å². The number of unbranched alkanes of at least 4 members (excludes halogenated alkanes) is 1. The van der Waals surface area contributed by atoms with Gasteiger partial charge < -0.3 is 4.74 Å². The van der Waals surface area contributed by atoms with Crippen LogP contribution in [0.4, 0.5) is 0 Å². The molecule has 0 aliphatic rings. The van der Waals surface area contributed by atoms with Crippen molar-refractivity contribution < 1.29 is 17.9 Å².